The van der Waals surface area contributed by atoms with Crippen LogP contribution in [0.5, 0.6) is 0 Å². The lowest BCUT2D eigenvalue weighted by Gasteiger charge is -2.23. The van der Waals surface area contributed by atoms with E-state index in [9.17, 15) is 9.59 Å². The molecule has 0 saturated carbocycles. The van der Waals surface area contributed by atoms with Gasteiger partial charge in [-0.05, 0) is 31.8 Å². The number of carbonyl (C=O) groups is 1. The molecule has 21 heavy (non-hydrogen) atoms. The van der Waals surface area contributed by atoms with Crippen molar-refractivity contribution < 1.29 is 9.53 Å². The molecule has 0 aromatic carbocycles. The van der Waals surface area contributed by atoms with Gasteiger partial charge in [0.05, 0.1) is 19.0 Å². The van der Waals surface area contributed by atoms with Crippen LogP contribution in [0.2, 0.25) is 5.02 Å². The maximum atomic E-state index is 12.0. The van der Waals surface area contributed by atoms with Gasteiger partial charge in [-0.25, -0.2) is 4.68 Å². The molecule has 1 saturated heterocycles. The summed E-state index contributed by atoms with van der Waals surface area (Å²) in [4.78, 5) is 23.2. The van der Waals surface area contributed by atoms with E-state index in [1.807, 2.05) is 0 Å². The van der Waals surface area contributed by atoms with Crippen molar-refractivity contribution in [2.24, 2.45) is 5.92 Å². The molecule has 0 atom stereocenters. The average Bonchev–Trinajstić information content (AvgIpc) is 2.52. The molecule has 8 heteroatoms. The minimum Gasteiger partial charge on any atom is -0.468 e. The minimum atomic E-state index is -0.545. The number of aromatic nitrogens is 2. The zero-order valence-electron chi connectivity index (χ0n) is 11.9. The van der Waals surface area contributed by atoms with E-state index in [2.05, 4.69) is 20.5 Å². The van der Waals surface area contributed by atoms with Crippen LogP contribution in [0.3, 0.4) is 0 Å². The summed E-state index contributed by atoms with van der Waals surface area (Å²) in [5.41, 5.74) is -0.00121. The van der Waals surface area contributed by atoms with Crippen LogP contribution >= 0.6 is 11.6 Å². The van der Waals surface area contributed by atoms with Gasteiger partial charge in [0.15, 0.2) is 0 Å². The number of anilines is 1. The Morgan fingerprint density at radius 1 is 1.57 bits per heavy atom. The number of halogens is 1. The summed E-state index contributed by atoms with van der Waals surface area (Å²) >= 11 is 6.04. The van der Waals surface area contributed by atoms with Gasteiger partial charge in [-0.3, -0.25) is 9.59 Å². The van der Waals surface area contributed by atoms with Crippen LogP contribution in [0, 0.1) is 5.92 Å². The number of piperidine rings is 1. The van der Waals surface area contributed by atoms with Crippen molar-refractivity contribution in [2.75, 3.05) is 32.1 Å². The van der Waals surface area contributed by atoms with E-state index >= 15 is 0 Å². The SMILES string of the molecule is COC(=O)Cn1ncc(NCC2CCNCC2)c(Cl)c1=O. The Bertz CT molecular complexity index is 555. The number of nitrogens with zero attached hydrogens (tertiary/aromatic N) is 2. The second-order valence-electron chi connectivity index (χ2n) is 4.99. The summed E-state index contributed by atoms with van der Waals surface area (Å²) in [6.45, 7) is 2.53. The molecule has 1 fully saturated rings. The van der Waals surface area contributed by atoms with Crippen molar-refractivity contribution in [1.82, 2.24) is 15.1 Å². The van der Waals surface area contributed by atoms with Gasteiger partial charge in [0.25, 0.3) is 5.56 Å². The van der Waals surface area contributed by atoms with Gasteiger partial charge in [0, 0.05) is 6.54 Å². The fourth-order valence-corrected chi connectivity index (χ4v) is 2.44. The minimum absolute atomic E-state index is 0.0443. The summed E-state index contributed by atoms with van der Waals surface area (Å²) in [5, 5.41) is 10.4. The van der Waals surface area contributed by atoms with Crippen LogP contribution in [0.25, 0.3) is 0 Å². The first-order chi connectivity index (χ1) is 10.1. The quantitative estimate of drug-likeness (QED) is 0.769. The fraction of sp³-hybridized carbons (Fsp3) is 0.615. The maximum Gasteiger partial charge on any atom is 0.327 e. The highest BCUT2D eigenvalue weighted by Crippen LogP contribution is 2.18. The number of hydrogen-bond donors (Lipinski definition) is 2. The summed E-state index contributed by atoms with van der Waals surface area (Å²) in [5.74, 6) is 0.0101. The van der Waals surface area contributed by atoms with E-state index in [1.165, 1.54) is 13.3 Å². The van der Waals surface area contributed by atoms with Gasteiger partial charge in [-0.2, -0.15) is 5.10 Å². The Morgan fingerprint density at radius 2 is 2.29 bits per heavy atom. The van der Waals surface area contributed by atoms with Crippen molar-refractivity contribution in [1.29, 1.82) is 0 Å². The Labute approximate surface area is 127 Å². The molecule has 2 rings (SSSR count). The molecule has 0 spiro atoms. The number of methoxy groups -OCH3 is 1. The van der Waals surface area contributed by atoms with Crippen LogP contribution in [0.4, 0.5) is 5.69 Å². The third-order valence-electron chi connectivity index (χ3n) is 3.53. The van der Waals surface area contributed by atoms with Gasteiger partial charge < -0.3 is 15.4 Å². The number of esters is 1. The van der Waals surface area contributed by atoms with Crippen molar-refractivity contribution in [2.45, 2.75) is 19.4 Å². The Balaban J connectivity index is 2.02. The van der Waals surface area contributed by atoms with E-state index in [-0.39, 0.29) is 11.6 Å². The lowest BCUT2D eigenvalue weighted by molar-refractivity contribution is -0.141. The first-order valence-electron chi connectivity index (χ1n) is 6.89. The number of nitrogens with one attached hydrogen (secondary N) is 2. The molecule has 2 heterocycles. The number of hydrogen-bond acceptors (Lipinski definition) is 6. The van der Waals surface area contributed by atoms with Crippen molar-refractivity contribution in [3.8, 4) is 0 Å². The van der Waals surface area contributed by atoms with Crippen LogP contribution in [0.1, 0.15) is 12.8 Å². The molecule has 0 amide bonds. The van der Waals surface area contributed by atoms with Crippen molar-refractivity contribution >= 4 is 23.3 Å². The Kier molecular flexibility index (Phi) is 5.58. The molecule has 0 unspecified atom stereocenters. The third-order valence-corrected chi connectivity index (χ3v) is 3.90. The van der Waals surface area contributed by atoms with E-state index in [0.29, 0.717) is 11.6 Å². The van der Waals surface area contributed by atoms with E-state index in [1.54, 1.807) is 0 Å². The number of rotatable bonds is 5. The highest BCUT2D eigenvalue weighted by atomic mass is 35.5. The summed E-state index contributed by atoms with van der Waals surface area (Å²) in [6, 6.07) is 0. The van der Waals surface area contributed by atoms with Crippen LogP contribution in [0.15, 0.2) is 11.0 Å². The summed E-state index contributed by atoms with van der Waals surface area (Å²) < 4.78 is 5.49. The van der Waals surface area contributed by atoms with Gasteiger partial charge >= 0.3 is 5.97 Å². The molecule has 7 nitrogen and oxygen atoms in total. The number of carbonyl (C=O) groups excluding carboxylic acids is 1. The Morgan fingerprint density at radius 3 is 2.95 bits per heavy atom. The lowest BCUT2D eigenvalue weighted by atomic mass is 9.98. The lowest BCUT2D eigenvalue weighted by Crippen LogP contribution is -2.32. The van der Waals surface area contributed by atoms with Crippen molar-refractivity contribution in [3.05, 3.63) is 21.6 Å². The Hall–Kier alpha value is -1.60. The molecule has 0 radical (unpaired) electrons. The van der Waals surface area contributed by atoms with E-state index in [0.717, 1.165) is 37.2 Å². The molecule has 1 aromatic rings. The molecule has 1 aliphatic rings. The largest absolute Gasteiger partial charge is 0.468 e. The standard InChI is InChI=1S/C13H19ClN4O3/c1-21-11(19)8-18-13(20)12(14)10(7-17-18)16-6-9-2-4-15-5-3-9/h7,9,15-16H,2-6,8H2,1H3. The van der Waals surface area contributed by atoms with Crippen molar-refractivity contribution in [3.63, 3.8) is 0 Å². The highest BCUT2D eigenvalue weighted by molar-refractivity contribution is 6.32. The van der Waals surface area contributed by atoms with E-state index < -0.39 is 11.5 Å². The molecular weight excluding hydrogens is 296 g/mol. The zero-order chi connectivity index (χ0) is 15.2. The first-order valence-corrected chi connectivity index (χ1v) is 7.26. The smallest absolute Gasteiger partial charge is 0.327 e. The molecule has 1 aliphatic heterocycles. The fourth-order valence-electron chi connectivity index (χ4n) is 2.23. The molecule has 2 N–H and O–H groups in total. The zero-order valence-corrected chi connectivity index (χ0v) is 12.7. The molecule has 0 bridgehead atoms. The van der Waals surface area contributed by atoms with Gasteiger partial charge in [-0.15, -0.1) is 0 Å². The third kappa shape index (κ3) is 4.18. The average molecular weight is 315 g/mol. The van der Waals surface area contributed by atoms with Crippen LogP contribution < -0.4 is 16.2 Å². The van der Waals surface area contributed by atoms with Gasteiger partial charge in [0.2, 0.25) is 0 Å². The second-order valence-corrected chi connectivity index (χ2v) is 5.36. The molecular formula is C13H19ClN4O3. The van der Waals surface area contributed by atoms with Gasteiger partial charge in [0.1, 0.15) is 11.6 Å². The van der Waals surface area contributed by atoms with Gasteiger partial charge in [-0.1, -0.05) is 11.6 Å². The maximum absolute atomic E-state index is 12.0. The summed E-state index contributed by atoms with van der Waals surface area (Å²) in [7, 11) is 1.25. The predicted molar refractivity (Wildman–Crippen MR) is 79.6 cm³/mol. The van der Waals surface area contributed by atoms with Crippen LogP contribution in [-0.2, 0) is 16.1 Å². The number of ether oxygens (including phenoxy) is 1. The summed E-state index contributed by atoms with van der Waals surface area (Å²) in [6.07, 6.45) is 3.66. The first kappa shape index (κ1) is 15.8. The topological polar surface area (TPSA) is 85.2 Å². The highest BCUT2D eigenvalue weighted by Gasteiger charge is 2.15. The van der Waals surface area contributed by atoms with E-state index in [4.69, 9.17) is 11.6 Å². The van der Waals surface area contributed by atoms with Crippen LogP contribution in [-0.4, -0.2) is 42.5 Å². The normalized spacial score (nSPS) is 15.7. The molecule has 116 valence electrons. The second kappa shape index (κ2) is 7.42. The predicted octanol–water partition coefficient (Wildman–Crippen LogP) is 0.481. The monoisotopic (exact) mass is 314 g/mol. The molecule has 0 aliphatic carbocycles. The molecule has 1 aromatic heterocycles.